The number of hydrogen-bond acceptors (Lipinski definition) is 7. The summed E-state index contributed by atoms with van der Waals surface area (Å²) in [4.78, 5) is 27.8. The van der Waals surface area contributed by atoms with Crippen molar-refractivity contribution in [2.24, 2.45) is 5.73 Å². The highest BCUT2D eigenvalue weighted by Gasteiger charge is 2.27. The Morgan fingerprint density at radius 3 is 3.15 bits per heavy atom. The van der Waals surface area contributed by atoms with Gasteiger partial charge in [-0.2, -0.15) is 11.8 Å². The smallest absolute Gasteiger partial charge is 0.271 e. The van der Waals surface area contributed by atoms with Crippen LogP contribution in [0.5, 0.6) is 0 Å². The number of hydrogen-bond donors (Lipinski definition) is 2. The monoisotopic (exact) mass is 331 g/mol. The number of aromatic nitrogens is 1. The van der Waals surface area contributed by atoms with E-state index < -0.39 is 0 Å². The Labute approximate surface area is 130 Å². The van der Waals surface area contributed by atoms with Gasteiger partial charge in [0.05, 0.1) is 12.1 Å². The lowest BCUT2D eigenvalue weighted by Gasteiger charge is -2.08. The predicted molar refractivity (Wildman–Crippen MR) is 85.4 cm³/mol. The maximum absolute atomic E-state index is 12.0. The van der Waals surface area contributed by atoms with Crippen LogP contribution in [0.3, 0.4) is 0 Å². The van der Waals surface area contributed by atoms with Crippen molar-refractivity contribution < 1.29 is 9.59 Å². The topological polar surface area (TPSA) is 85.1 Å². The summed E-state index contributed by atoms with van der Waals surface area (Å²) < 4.78 is 0. The quantitative estimate of drug-likeness (QED) is 0.824. The number of rotatable bonds is 6. The fourth-order valence-corrected chi connectivity index (χ4v) is 4.05. The fraction of sp³-hybridized carbons (Fsp3) is 0.583. The number of amides is 1. The lowest BCUT2D eigenvalue weighted by molar-refractivity contribution is -0.112. The molecule has 2 unspecified atom stereocenters. The summed E-state index contributed by atoms with van der Waals surface area (Å²) in [5.41, 5.74) is 6.38. The number of nitrogens with one attached hydrogen (secondary N) is 1. The minimum Gasteiger partial charge on any atom is -0.340 e. The van der Waals surface area contributed by atoms with Gasteiger partial charge in [-0.05, 0) is 24.9 Å². The molecule has 5 nitrogen and oxygen atoms in total. The van der Waals surface area contributed by atoms with E-state index >= 15 is 0 Å². The highest BCUT2D eigenvalue weighted by atomic mass is 32.2. The van der Waals surface area contributed by atoms with E-state index in [1.54, 1.807) is 17.1 Å². The second-order valence-electron chi connectivity index (χ2n) is 4.44. The molecule has 2 heterocycles. The van der Waals surface area contributed by atoms with Crippen LogP contribution < -0.4 is 11.1 Å². The van der Waals surface area contributed by atoms with Crippen LogP contribution in [0, 0.1) is 0 Å². The standard InChI is InChI=1S/C12H17N3O2S3/c1-18-4-2-7(13)11-15-9(6-20-11)10(16)14-8-3-5-19-12(8)17/h6-8H,2-5,13H2,1H3,(H,14,16). The third-order valence-electron chi connectivity index (χ3n) is 2.95. The van der Waals surface area contributed by atoms with Gasteiger partial charge in [0, 0.05) is 11.1 Å². The molecule has 0 radical (unpaired) electrons. The Balaban J connectivity index is 1.94. The molecule has 0 aliphatic carbocycles. The van der Waals surface area contributed by atoms with E-state index in [-0.39, 0.29) is 23.1 Å². The zero-order valence-corrected chi connectivity index (χ0v) is 13.6. The molecular formula is C12H17N3O2S3. The largest absolute Gasteiger partial charge is 0.340 e. The average molecular weight is 331 g/mol. The molecule has 0 saturated carbocycles. The van der Waals surface area contributed by atoms with E-state index in [4.69, 9.17) is 5.73 Å². The summed E-state index contributed by atoms with van der Waals surface area (Å²) in [5.74, 6) is 1.45. The summed E-state index contributed by atoms with van der Waals surface area (Å²) in [5, 5.41) is 5.24. The van der Waals surface area contributed by atoms with Crippen LogP contribution in [0.25, 0.3) is 0 Å². The van der Waals surface area contributed by atoms with Crippen molar-refractivity contribution in [1.29, 1.82) is 0 Å². The third kappa shape index (κ3) is 3.97. The van der Waals surface area contributed by atoms with Crippen LogP contribution in [-0.2, 0) is 4.79 Å². The van der Waals surface area contributed by atoms with Gasteiger partial charge in [0.25, 0.3) is 5.91 Å². The Kier molecular flexibility index (Phi) is 5.88. The summed E-state index contributed by atoms with van der Waals surface area (Å²) >= 11 is 4.40. The molecule has 1 fully saturated rings. The van der Waals surface area contributed by atoms with Crippen LogP contribution >= 0.6 is 34.9 Å². The van der Waals surface area contributed by atoms with E-state index in [1.807, 2.05) is 6.26 Å². The molecule has 1 aromatic rings. The first kappa shape index (κ1) is 15.8. The highest BCUT2D eigenvalue weighted by Crippen LogP contribution is 2.22. The summed E-state index contributed by atoms with van der Waals surface area (Å²) in [7, 11) is 0. The normalized spacial score (nSPS) is 20.1. The third-order valence-corrected chi connectivity index (χ3v) is 5.57. The summed E-state index contributed by atoms with van der Waals surface area (Å²) in [6.45, 7) is 0. The molecule has 2 atom stereocenters. The van der Waals surface area contributed by atoms with Crippen molar-refractivity contribution >= 4 is 45.9 Å². The van der Waals surface area contributed by atoms with Gasteiger partial charge >= 0.3 is 0 Å². The van der Waals surface area contributed by atoms with E-state index in [0.29, 0.717) is 12.1 Å². The van der Waals surface area contributed by atoms with Gasteiger partial charge in [0.15, 0.2) is 0 Å². The highest BCUT2D eigenvalue weighted by molar-refractivity contribution is 8.14. The van der Waals surface area contributed by atoms with Crippen LogP contribution in [0.4, 0.5) is 0 Å². The van der Waals surface area contributed by atoms with Crippen molar-refractivity contribution in [1.82, 2.24) is 10.3 Å². The first-order valence-corrected chi connectivity index (χ1v) is 9.55. The fourth-order valence-electron chi connectivity index (χ4n) is 1.79. The van der Waals surface area contributed by atoms with E-state index in [2.05, 4.69) is 10.3 Å². The van der Waals surface area contributed by atoms with Crippen molar-refractivity contribution in [2.45, 2.75) is 24.9 Å². The van der Waals surface area contributed by atoms with Crippen molar-refractivity contribution in [3.63, 3.8) is 0 Å². The summed E-state index contributed by atoms with van der Waals surface area (Å²) in [6.07, 6.45) is 3.57. The molecule has 20 heavy (non-hydrogen) atoms. The maximum Gasteiger partial charge on any atom is 0.271 e. The summed E-state index contributed by atoms with van der Waals surface area (Å²) in [6, 6.07) is -0.500. The van der Waals surface area contributed by atoms with E-state index in [9.17, 15) is 9.59 Å². The Morgan fingerprint density at radius 2 is 2.50 bits per heavy atom. The molecule has 1 saturated heterocycles. The number of carbonyl (C=O) groups excluding carboxylic acids is 2. The molecule has 2 rings (SSSR count). The lowest BCUT2D eigenvalue weighted by atomic mass is 10.2. The van der Waals surface area contributed by atoms with Gasteiger partial charge in [-0.25, -0.2) is 4.98 Å². The minimum absolute atomic E-state index is 0.0328. The number of nitrogens with two attached hydrogens (primary N) is 1. The Hall–Kier alpha value is -0.570. The van der Waals surface area contributed by atoms with Crippen LogP contribution in [-0.4, -0.2) is 39.8 Å². The molecule has 0 bridgehead atoms. The van der Waals surface area contributed by atoms with E-state index in [1.165, 1.54) is 23.1 Å². The molecule has 1 amide bonds. The maximum atomic E-state index is 12.0. The number of carbonyl (C=O) groups is 2. The average Bonchev–Trinajstić information content (AvgIpc) is 3.06. The van der Waals surface area contributed by atoms with Gasteiger partial charge < -0.3 is 11.1 Å². The molecule has 0 aromatic carbocycles. The zero-order chi connectivity index (χ0) is 14.5. The van der Waals surface area contributed by atoms with Gasteiger partial charge in [0.1, 0.15) is 10.7 Å². The predicted octanol–water partition coefficient (Wildman–Crippen LogP) is 1.66. The molecule has 0 spiro atoms. The second kappa shape index (κ2) is 7.44. The molecule has 3 N–H and O–H groups in total. The zero-order valence-electron chi connectivity index (χ0n) is 11.1. The molecule has 8 heteroatoms. The molecule has 110 valence electrons. The molecule has 1 aromatic heterocycles. The molecule has 1 aliphatic rings. The van der Waals surface area contributed by atoms with Gasteiger partial charge in [0.2, 0.25) is 5.12 Å². The van der Waals surface area contributed by atoms with Crippen molar-refractivity contribution in [3.8, 4) is 0 Å². The Morgan fingerprint density at radius 1 is 1.70 bits per heavy atom. The SMILES string of the molecule is CSCCC(N)c1nc(C(=O)NC2CCSC2=O)cs1. The van der Waals surface area contributed by atoms with Gasteiger partial charge in [-0.1, -0.05) is 11.8 Å². The van der Waals surface area contributed by atoms with Crippen LogP contribution in [0.2, 0.25) is 0 Å². The second-order valence-corrected chi connectivity index (χ2v) is 7.42. The number of nitrogens with zero attached hydrogens (tertiary/aromatic N) is 1. The minimum atomic E-state index is -0.372. The first-order valence-electron chi connectivity index (χ1n) is 6.29. The van der Waals surface area contributed by atoms with Crippen molar-refractivity contribution in [3.05, 3.63) is 16.1 Å². The molecular weight excluding hydrogens is 314 g/mol. The van der Waals surface area contributed by atoms with E-state index in [0.717, 1.165) is 22.9 Å². The van der Waals surface area contributed by atoms with Crippen LogP contribution in [0.15, 0.2) is 5.38 Å². The van der Waals surface area contributed by atoms with Crippen molar-refractivity contribution in [2.75, 3.05) is 17.8 Å². The Bertz CT molecular complexity index is 492. The lowest BCUT2D eigenvalue weighted by Crippen LogP contribution is -2.37. The number of thioether (sulfide) groups is 2. The number of thiazole rings is 1. The molecule has 1 aliphatic heterocycles. The van der Waals surface area contributed by atoms with Crippen LogP contribution in [0.1, 0.15) is 34.4 Å². The van der Waals surface area contributed by atoms with Gasteiger partial charge in [-0.3, -0.25) is 9.59 Å². The van der Waals surface area contributed by atoms with Gasteiger partial charge in [-0.15, -0.1) is 11.3 Å². The first-order chi connectivity index (χ1) is 9.61.